The Morgan fingerprint density at radius 3 is 2.07 bits per heavy atom. The lowest BCUT2D eigenvalue weighted by atomic mass is 9.53. The standard InChI is InChI=1S/C89H134N16O14/c1-18-22-38-89-51-71-70(50-88(89,13)63-28-24-23-25-29-64(89)47-63)99-68-46-62(33-36-67(68)98-71)84(112)92-39-42-119-44-43-118-41-37-75(107)94-58(11)82(110)95-59(12)83(111)100-69(48-74(90)106)85(113)96-65-34-31-61(32-35-65)45-66(52-93-102-91)97-81(109)57(10)80(117-17)72-30-26-40-105(72)76(108)49-73(116-16)79(56(9)20-3)104(15)87(115)77(54(5)6)101-86(114)78(55(7)8)103(14)53-60(21-4)27-19-2/h23-25,28-29,31-36,46-47,54-60,66,69,72-73,77-80H,18-22,26-27,30,37-45,48-53H2,1-17H3,(H2,90,106)(H,92,112)(H,94,107)(H,95,110)(H,96,113)(H,97,109)(H,100,111)(H,101,114)/b24-23-,25-23?,28-24?,29-25-,63-28+,64-29?/t56-,57+,58-,59-,60?,66-,69-,72-,73+,77-,78-,79-,80+,88?,89?/m0/s1. The number of aromatic nitrogens is 2. The molecule has 7 rings (SSSR count). The fraction of sp³-hybridized carbons (Fsp3) is 0.640. The summed E-state index contributed by atoms with van der Waals surface area (Å²) in [5, 5.41) is 23.1. The molecule has 2 heterocycles. The largest absolute Gasteiger partial charge is 0.379 e. The number of azide groups is 1. The van der Waals surface area contributed by atoms with E-state index < -0.39 is 108 Å². The molecule has 119 heavy (non-hydrogen) atoms. The van der Waals surface area contributed by atoms with Crippen molar-refractivity contribution in [2.45, 2.75) is 247 Å². The molecular formula is C89H134N16O14. The van der Waals surface area contributed by atoms with Crippen molar-refractivity contribution in [1.29, 1.82) is 0 Å². The van der Waals surface area contributed by atoms with Crippen molar-refractivity contribution in [2.24, 2.45) is 51.3 Å². The van der Waals surface area contributed by atoms with Gasteiger partial charge in [0.15, 0.2) is 0 Å². The quantitative estimate of drug-likeness (QED) is 0.0113. The van der Waals surface area contributed by atoms with Gasteiger partial charge in [-0.1, -0.05) is 162 Å². The molecule has 0 saturated carbocycles. The SMILES string of the molecule is CCCCC12Cc3nc4ccc(C(=O)NCCOCCOCCC(=O)N[C@@H](C)C(=O)N[C@@H](C)C(=O)N[C@@H](CC(N)=O)C(=O)Nc5ccc(C[C@@H](CN=[N+]=[N-])NC(=O)[C@H](C)[C@@H](OC)[C@@H]6CCCN6C(=O)C[C@@H](OC)[C@H]([C@@H](C)CC)N(C)C(=O)[C@@H](NC(=O)[C@H](C(C)C)N(C)CC(CC)CCC)C(C)C)cc5)cc4nc3CC1(C)/C1=C/C=C\C=C/C2=C1. The molecule has 654 valence electrons. The molecule has 15 atom stereocenters. The van der Waals surface area contributed by atoms with Crippen molar-refractivity contribution < 1.29 is 66.9 Å². The number of likely N-dealkylation sites (N-methyl/N-ethyl adjacent to an activating group) is 2. The summed E-state index contributed by atoms with van der Waals surface area (Å²) in [6.07, 6.45) is 20.9. The van der Waals surface area contributed by atoms with E-state index >= 15 is 0 Å². The van der Waals surface area contributed by atoms with Gasteiger partial charge < -0.3 is 71.7 Å². The maximum atomic E-state index is 14.8. The van der Waals surface area contributed by atoms with Crippen LogP contribution in [0.1, 0.15) is 194 Å². The summed E-state index contributed by atoms with van der Waals surface area (Å²) in [4.78, 5) is 156. The molecule has 30 heteroatoms. The Bertz CT molecular complexity index is 4160. The number of likely N-dealkylation sites (tertiary alicyclic amines) is 1. The molecule has 3 unspecified atom stereocenters. The van der Waals surface area contributed by atoms with Gasteiger partial charge in [-0.2, -0.15) is 0 Å². The number of methoxy groups -OCH3 is 2. The number of hydrogen-bond acceptors (Lipinski definition) is 18. The molecule has 10 amide bonds. The van der Waals surface area contributed by atoms with Crippen LogP contribution in [-0.2, 0) is 81.4 Å². The third kappa shape index (κ3) is 25.8. The number of nitrogens with zero attached hydrogens (tertiary/aromatic N) is 8. The van der Waals surface area contributed by atoms with E-state index in [9.17, 15) is 53.5 Å². The van der Waals surface area contributed by atoms with Crippen molar-refractivity contribution in [3.63, 3.8) is 0 Å². The highest BCUT2D eigenvalue weighted by Gasteiger charge is 2.58. The van der Waals surface area contributed by atoms with Crippen LogP contribution in [0.5, 0.6) is 0 Å². The van der Waals surface area contributed by atoms with Crippen LogP contribution in [0.2, 0.25) is 0 Å². The lowest BCUT2D eigenvalue weighted by Gasteiger charge is -2.50. The van der Waals surface area contributed by atoms with Crippen LogP contribution in [0, 0.1) is 40.4 Å². The first-order valence-corrected chi connectivity index (χ1v) is 42.8. The Hall–Kier alpha value is -9.45. The number of nitrogens with two attached hydrogens (primary N) is 1. The van der Waals surface area contributed by atoms with Gasteiger partial charge in [0, 0.05) is 99.7 Å². The molecule has 1 aliphatic heterocycles. The van der Waals surface area contributed by atoms with Crippen LogP contribution in [0.3, 0.4) is 0 Å². The van der Waals surface area contributed by atoms with Crippen molar-refractivity contribution in [3.05, 3.63) is 123 Å². The highest BCUT2D eigenvalue weighted by molar-refractivity contribution is 6.01. The van der Waals surface area contributed by atoms with Gasteiger partial charge in [0.05, 0.1) is 97.9 Å². The van der Waals surface area contributed by atoms with E-state index in [1.165, 1.54) is 39.2 Å². The minimum atomic E-state index is -1.47. The lowest BCUT2D eigenvalue weighted by Crippen LogP contribution is -2.60. The van der Waals surface area contributed by atoms with Gasteiger partial charge >= 0.3 is 0 Å². The molecule has 1 aromatic heterocycles. The van der Waals surface area contributed by atoms with Crippen LogP contribution >= 0.6 is 0 Å². The molecule has 2 bridgehead atoms. The van der Waals surface area contributed by atoms with Crippen LogP contribution in [0.15, 0.2) is 95.2 Å². The second kappa shape index (κ2) is 46.4. The second-order valence-electron chi connectivity index (χ2n) is 33.7. The molecule has 1 saturated heterocycles. The number of nitrogens with one attached hydrogen (secondary N) is 7. The van der Waals surface area contributed by atoms with Gasteiger partial charge in [0.2, 0.25) is 53.2 Å². The molecule has 3 aromatic rings. The summed E-state index contributed by atoms with van der Waals surface area (Å²) in [6, 6.07) is 5.01. The van der Waals surface area contributed by atoms with Gasteiger partial charge in [0.25, 0.3) is 5.91 Å². The molecule has 1 fully saturated rings. The number of unbranched alkanes of at least 4 members (excludes halogenated alkanes) is 1. The van der Waals surface area contributed by atoms with Crippen LogP contribution < -0.4 is 43.0 Å². The number of allylic oxidation sites excluding steroid dienone is 8. The average molecular weight is 1650 g/mol. The Morgan fingerprint density at radius 2 is 1.42 bits per heavy atom. The van der Waals surface area contributed by atoms with E-state index in [0.29, 0.717) is 48.4 Å². The van der Waals surface area contributed by atoms with E-state index in [4.69, 9.17) is 34.6 Å². The number of amides is 10. The number of anilines is 1. The normalized spacial score (nSPS) is 20.7. The number of ether oxygens (including phenoxy) is 4. The summed E-state index contributed by atoms with van der Waals surface area (Å²) in [5.74, 6) is -5.90. The smallest absolute Gasteiger partial charge is 0.251 e. The molecule has 0 spiro atoms. The zero-order chi connectivity index (χ0) is 87.4. The fourth-order valence-corrected chi connectivity index (χ4v) is 17.4. The fourth-order valence-electron chi connectivity index (χ4n) is 17.4. The van der Waals surface area contributed by atoms with E-state index in [2.05, 4.69) is 116 Å². The van der Waals surface area contributed by atoms with Crippen LogP contribution in [-0.4, -0.2) is 225 Å². The van der Waals surface area contributed by atoms with Crippen molar-refractivity contribution >= 4 is 75.8 Å². The number of carbonyl (C=O) groups excluding carboxylic acids is 10. The molecular weight excluding hydrogens is 1520 g/mol. The second-order valence-corrected chi connectivity index (χ2v) is 33.7. The van der Waals surface area contributed by atoms with Gasteiger partial charge in [-0.3, -0.25) is 52.8 Å². The summed E-state index contributed by atoms with van der Waals surface area (Å²) in [6.45, 7) is 27.2. The molecule has 9 N–H and O–H groups in total. The predicted octanol–water partition coefficient (Wildman–Crippen LogP) is 9.25. The minimum Gasteiger partial charge on any atom is -0.379 e. The van der Waals surface area contributed by atoms with Crippen LogP contribution in [0.4, 0.5) is 5.69 Å². The third-order valence-corrected chi connectivity index (χ3v) is 24.4. The average Bonchev–Trinajstić information content (AvgIpc) is 1.55. The number of primary amides is 1. The molecule has 4 aliphatic rings. The first-order valence-electron chi connectivity index (χ1n) is 42.8. The predicted molar refractivity (Wildman–Crippen MR) is 459 cm³/mol. The highest BCUT2D eigenvalue weighted by Crippen LogP contribution is 2.64. The van der Waals surface area contributed by atoms with Gasteiger partial charge in [-0.05, 0) is 129 Å². The van der Waals surface area contributed by atoms with Gasteiger partial charge in [-0.15, -0.1) is 0 Å². The van der Waals surface area contributed by atoms with Crippen molar-refractivity contribution in [3.8, 4) is 0 Å². The summed E-state index contributed by atoms with van der Waals surface area (Å²) >= 11 is 0. The Labute approximate surface area is 703 Å². The minimum absolute atomic E-state index is 0.0140. The number of carbonyl (C=O) groups is 10. The lowest BCUT2D eigenvalue weighted by molar-refractivity contribution is -0.148. The third-order valence-electron chi connectivity index (χ3n) is 24.4. The first-order chi connectivity index (χ1) is 56.7. The van der Waals surface area contributed by atoms with E-state index in [1.54, 1.807) is 60.2 Å². The number of fused-ring (bicyclic) bond motifs is 6. The van der Waals surface area contributed by atoms with Crippen molar-refractivity contribution in [2.75, 3.05) is 86.2 Å². The molecule has 3 aliphatic carbocycles. The molecule has 0 radical (unpaired) electrons. The zero-order valence-electron chi connectivity index (χ0n) is 73.3. The Morgan fingerprint density at radius 1 is 0.731 bits per heavy atom. The number of benzene rings is 2. The molecule has 2 aromatic carbocycles. The number of hydrogen-bond donors (Lipinski definition) is 8. The van der Waals surface area contributed by atoms with Gasteiger partial charge in [-0.25, -0.2) is 9.97 Å². The first kappa shape index (κ1) is 96.7. The van der Waals surface area contributed by atoms with E-state index in [0.717, 1.165) is 74.8 Å². The summed E-state index contributed by atoms with van der Waals surface area (Å²) < 4.78 is 23.5. The maximum Gasteiger partial charge on any atom is 0.251 e. The summed E-state index contributed by atoms with van der Waals surface area (Å²) in [5.41, 5.74) is 22.2. The van der Waals surface area contributed by atoms with Crippen molar-refractivity contribution in [1.82, 2.24) is 56.6 Å². The van der Waals surface area contributed by atoms with Crippen LogP contribution in [0.25, 0.3) is 21.5 Å². The number of rotatable bonds is 49. The zero-order valence-corrected chi connectivity index (χ0v) is 73.3. The monoisotopic (exact) mass is 1650 g/mol. The van der Waals surface area contributed by atoms with E-state index in [-0.39, 0.29) is 117 Å². The van der Waals surface area contributed by atoms with E-state index in [1.807, 2.05) is 54.7 Å². The highest BCUT2D eigenvalue weighted by atomic mass is 16.5. The maximum absolute atomic E-state index is 14.8. The Balaban J connectivity index is 0.826. The van der Waals surface area contributed by atoms with Gasteiger partial charge in [0.1, 0.15) is 24.2 Å². The summed E-state index contributed by atoms with van der Waals surface area (Å²) in [7, 11) is 6.72. The topological polar surface area (TPSA) is 402 Å². The molecule has 30 nitrogen and oxygen atoms in total. The Kier molecular flexibility index (Phi) is 37.7.